The van der Waals surface area contributed by atoms with Crippen LogP contribution in [0.25, 0.3) is 0 Å². The number of nitrogens with zero attached hydrogens (tertiary/aromatic N) is 4. The Morgan fingerprint density at radius 1 is 1.28 bits per heavy atom. The van der Waals surface area contributed by atoms with Crippen molar-refractivity contribution in [2.45, 2.75) is 12.7 Å². The van der Waals surface area contributed by atoms with Gasteiger partial charge in [-0.05, 0) is 12.1 Å². The minimum atomic E-state index is -4.44. The van der Waals surface area contributed by atoms with E-state index < -0.39 is 22.6 Å². The summed E-state index contributed by atoms with van der Waals surface area (Å²) in [5.41, 5.74) is -1.07. The molecule has 0 atom stereocenters. The van der Waals surface area contributed by atoms with E-state index in [2.05, 4.69) is 20.7 Å². The van der Waals surface area contributed by atoms with E-state index >= 15 is 0 Å². The van der Waals surface area contributed by atoms with Crippen molar-refractivity contribution in [3.8, 4) is 0 Å². The van der Waals surface area contributed by atoms with Crippen LogP contribution in [-0.2, 0) is 17.5 Å². The van der Waals surface area contributed by atoms with Crippen LogP contribution in [0.4, 0.5) is 24.7 Å². The molecule has 0 spiro atoms. The Labute approximate surface area is 139 Å². The normalized spacial score (nSPS) is 11.2. The zero-order chi connectivity index (χ0) is 18.4. The third-order valence-corrected chi connectivity index (χ3v) is 2.98. The van der Waals surface area contributed by atoms with Crippen LogP contribution in [0.2, 0.25) is 0 Å². The number of pyridine rings is 1. The van der Waals surface area contributed by atoms with Gasteiger partial charge >= 0.3 is 11.9 Å². The summed E-state index contributed by atoms with van der Waals surface area (Å²) in [6.07, 6.45) is -1.57. The van der Waals surface area contributed by atoms with Gasteiger partial charge in [0.25, 0.3) is 0 Å². The van der Waals surface area contributed by atoms with Crippen molar-refractivity contribution in [3.05, 3.63) is 46.4 Å². The molecule has 0 aliphatic heterocycles. The molecule has 12 heteroatoms. The average molecular weight is 358 g/mol. The number of halogens is 3. The highest BCUT2D eigenvalue weighted by molar-refractivity contribution is 5.75. The molecular weight excluding hydrogens is 345 g/mol. The average Bonchev–Trinajstić information content (AvgIpc) is 3.00. The molecule has 2 heterocycles. The molecule has 2 N–H and O–H groups in total. The highest BCUT2D eigenvalue weighted by Crippen LogP contribution is 2.28. The number of carbonyl (C=O) groups excluding carboxylic acids is 1. The highest BCUT2D eigenvalue weighted by atomic mass is 19.4. The second-order valence-electron chi connectivity index (χ2n) is 4.86. The molecule has 0 saturated carbocycles. The minimum absolute atomic E-state index is 0.185. The first kappa shape index (κ1) is 18.2. The summed E-state index contributed by atoms with van der Waals surface area (Å²) in [5, 5.41) is 19.5. The number of rotatable bonds is 7. The highest BCUT2D eigenvalue weighted by Gasteiger charge is 2.30. The summed E-state index contributed by atoms with van der Waals surface area (Å²) < 4.78 is 38.3. The number of hydrogen-bond donors (Lipinski definition) is 2. The molecule has 2 aromatic heterocycles. The quantitative estimate of drug-likeness (QED) is 0.440. The smallest absolute Gasteiger partial charge is 0.368 e. The topological polar surface area (TPSA) is 115 Å². The first-order valence-corrected chi connectivity index (χ1v) is 6.96. The number of aromatic nitrogens is 3. The predicted octanol–water partition coefficient (Wildman–Crippen LogP) is 1.43. The molecule has 0 aromatic carbocycles. The van der Waals surface area contributed by atoms with Crippen molar-refractivity contribution >= 4 is 17.4 Å². The third-order valence-electron chi connectivity index (χ3n) is 2.98. The van der Waals surface area contributed by atoms with E-state index in [9.17, 15) is 28.1 Å². The van der Waals surface area contributed by atoms with Gasteiger partial charge in [0, 0.05) is 19.3 Å². The third kappa shape index (κ3) is 5.44. The lowest BCUT2D eigenvalue weighted by molar-refractivity contribution is -0.385. The van der Waals surface area contributed by atoms with Crippen molar-refractivity contribution in [1.29, 1.82) is 0 Å². The molecule has 0 radical (unpaired) electrons. The van der Waals surface area contributed by atoms with E-state index in [0.717, 1.165) is 23.1 Å². The lowest BCUT2D eigenvalue weighted by Gasteiger charge is -2.09. The number of nitro groups is 1. The molecular formula is C13H13F3N6O3. The molecule has 134 valence electrons. The van der Waals surface area contributed by atoms with Crippen LogP contribution in [0.5, 0.6) is 0 Å². The molecule has 0 unspecified atom stereocenters. The standard InChI is InChI=1S/C13H13F3N6O3/c14-13(15,16)9-1-2-11(19-5-9)17-3-4-18-12(23)8-21-7-10(6-20-21)22(24)25/h1-2,5-7H,3-4,8H2,(H,17,19)(H,18,23). The van der Waals surface area contributed by atoms with Crippen LogP contribution < -0.4 is 10.6 Å². The van der Waals surface area contributed by atoms with E-state index in [1.165, 1.54) is 6.07 Å². The number of carbonyl (C=O) groups is 1. The molecule has 0 aliphatic carbocycles. The molecule has 0 aliphatic rings. The summed E-state index contributed by atoms with van der Waals surface area (Å²) in [5.74, 6) is -0.176. The Morgan fingerprint density at radius 3 is 2.60 bits per heavy atom. The maximum absolute atomic E-state index is 12.4. The summed E-state index contributed by atoms with van der Waals surface area (Å²) in [6.45, 7) is 0.237. The van der Waals surface area contributed by atoms with Gasteiger partial charge in [0.2, 0.25) is 5.91 Å². The van der Waals surface area contributed by atoms with Crippen molar-refractivity contribution in [2.24, 2.45) is 0 Å². The molecule has 2 aromatic rings. The van der Waals surface area contributed by atoms with E-state index in [4.69, 9.17) is 0 Å². The maximum atomic E-state index is 12.4. The first-order chi connectivity index (χ1) is 11.8. The van der Waals surface area contributed by atoms with Crippen molar-refractivity contribution in [1.82, 2.24) is 20.1 Å². The van der Waals surface area contributed by atoms with Crippen LogP contribution >= 0.6 is 0 Å². The zero-order valence-corrected chi connectivity index (χ0v) is 12.7. The van der Waals surface area contributed by atoms with Gasteiger partial charge in [-0.3, -0.25) is 19.6 Å². The van der Waals surface area contributed by atoms with Crippen molar-refractivity contribution < 1.29 is 22.9 Å². The Balaban J connectivity index is 1.71. The second kappa shape index (κ2) is 7.59. The van der Waals surface area contributed by atoms with Crippen LogP contribution in [0.15, 0.2) is 30.7 Å². The fourth-order valence-electron chi connectivity index (χ4n) is 1.80. The second-order valence-corrected chi connectivity index (χ2v) is 4.86. The maximum Gasteiger partial charge on any atom is 0.417 e. The lowest BCUT2D eigenvalue weighted by Crippen LogP contribution is -2.31. The Bertz CT molecular complexity index is 744. The zero-order valence-electron chi connectivity index (χ0n) is 12.7. The molecule has 9 nitrogen and oxygen atoms in total. The molecule has 0 fully saturated rings. The van der Waals surface area contributed by atoms with Crippen LogP contribution in [-0.4, -0.2) is 38.7 Å². The Kier molecular flexibility index (Phi) is 5.52. The lowest BCUT2D eigenvalue weighted by atomic mass is 10.3. The number of hydrogen-bond acceptors (Lipinski definition) is 6. The number of alkyl halides is 3. The predicted molar refractivity (Wildman–Crippen MR) is 79.6 cm³/mol. The molecule has 0 bridgehead atoms. The van der Waals surface area contributed by atoms with Crippen molar-refractivity contribution in [3.63, 3.8) is 0 Å². The van der Waals surface area contributed by atoms with Crippen molar-refractivity contribution in [2.75, 3.05) is 18.4 Å². The molecule has 1 amide bonds. The minimum Gasteiger partial charge on any atom is -0.368 e. The van der Waals surface area contributed by atoms with Gasteiger partial charge in [-0.15, -0.1) is 0 Å². The summed E-state index contributed by atoms with van der Waals surface area (Å²) in [6, 6.07) is 2.09. The van der Waals surface area contributed by atoms with E-state index in [0.29, 0.717) is 6.20 Å². The van der Waals surface area contributed by atoms with Gasteiger partial charge in [0.15, 0.2) is 0 Å². The van der Waals surface area contributed by atoms with E-state index in [1.54, 1.807) is 0 Å². The van der Waals surface area contributed by atoms with Gasteiger partial charge < -0.3 is 10.6 Å². The fourth-order valence-corrected chi connectivity index (χ4v) is 1.80. The van der Waals surface area contributed by atoms with Gasteiger partial charge in [-0.2, -0.15) is 18.3 Å². The van der Waals surface area contributed by atoms with Gasteiger partial charge in [-0.25, -0.2) is 4.98 Å². The molecule has 2 rings (SSSR count). The monoisotopic (exact) mass is 358 g/mol. The van der Waals surface area contributed by atoms with Gasteiger partial charge in [-0.1, -0.05) is 0 Å². The number of amides is 1. The SMILES string of the molecule is O=C(Cn1cc([N+](=O)[O-])cn1)NCCNc1ccc(C(F)(F)F)cn1. The summed E-state index contributed by atoms with van der Waals surface area (Å²) >= 11 is 0. The van der Waals surface area contributed by atoms with Crippen LogP contribution in [0.3, 0.4) is 0 Å². The number of nitrogens with one attached hydrogen (secondary N) is 2. The largest absolute Gasteiger partial charge is 0.417 e. The summed E-state index contributed by atoms with van der Waals surface area (Å²) in [7, 11) is 0. The number of anilines is 1. The van der Waals surface area contributed by atoms with Gasteiger partial charge in [0.05, 0.1) is 10.5 Å². The Morgan fingerprint density at radius 2 is 2.04 bits per heavy atom. The molecule has 0 saturated heterocycles. The Hall–Kier alpha value is -3.18. The van der Waals surface area contributed by atoms with Crippen LogP contribution in [0, 0.1) is 10.1 Å². The van der Waals surface area contributed by atoms with Crippen LogP contribution in [0.1, 0.15) is 5.56 Å². The summed E-state index contributed by atoms with van der Waals surface area (Å²) in [4.78, 5) is 25.1. The van der Waals surface area contributed by atoms with Gasteiger partial charge in [0.1, 0.15) is 24.8 Å². The van der Waals surface area contributed by atoms with E-state index in [1.807, 2.05) is 0 Å². The first-order valence-electron chi connectivity index (χ1n) is 6.96. The fraction of sp³-hybridized carbons (Fsp3) is 0.308. The molecule has 25 heavy (non-hydrogen) atoms. The van der Waals surface area contributed by atoms with E-state index in [-0.39, 0.29) is 31.1 Å².